The van der Waals surface area contributed by atoms with E-state index in [1.165, 1.54) is 23.9 Å². The molecule has 2 aromatic rings. The van der Waals surface area contributed by atoms with Crippen LogP contribution in [0.25, 0.3) is 0 Å². The molecule has 0 aliphatic heterocycles. The molecule has 2 N–H and O–H groups in total. The van der Waals surface area contributed by atoms with Gasteiger partial charge in [0.1, 0.15) is 11.9 Å². The predicted molar refractivity (Wildman–Crippen MR) is 98.9 cm³/mol. The lowest BCUT2D eigenvalue weighted by molar-refractivity contribution is -0.384. The first-order valence-electron chi connectivity index (χ1n) is 7.79. The average molecular weight is 371 g/mol. The van der Waals surface area contributed by atoms with Crippen molar-refractivity contribution >= 4 is 29.2 Å². The van der Waals surface area contributed by atoms with Crippen LogP contribution in [0.4, 0.5) is 11.5 Å². The van der Waals surface area contributed by atoms with E-state index in [2.05, 4.69) is 15.6 Å². The normalized spacial score (nSPS) is 11.2. The summed E-state index contributed by atoms with van der Waals surface area (Å²) in [5, 5.41) is 25.1. The summed E-state index contributed by atoms with van der Waals surface area (Å²) in [6.45, 7) is 2.58. The summed E-state index contributed by atoms with van der Waals surface area (Å²) < 4.78 is 0. The SMILES string of the molecule is CC(Sc1ccc([N+](=O)[O-])cc1)C(=O)NCCNc1ncccc1C#N. The molecule has 0 saturated carbocycles. The number of pyridine rings is 1. The van der Waals surface area contributed by atoms with Crippen molar-refractivity contribution in [1.29, 1.82) is 5.26 Å². The molecule has 1 aromatic heterocycles. The van der Waals surface area contributed by atoms with Crippen molar-refractivity contribution in [2.24, 2.45) is 0 Å². The van der Waals surface area contributed by atoms with Gasteiger partial charge in [-0.25, -0.2) is 4.98 Å². The average Bonchev–Trinajstić information content (AvgIpc) is 2.65. The summed E-state index contributed by atoms with van der Waals surface area (Å²) in [7, 11) is 0. The maximum Gasteiger partial charge on any atom is 0.269 e. The molecule has 0 radical (unpaired) electrons. The molecule has 9 heteroatoms. The number of anilines is 1. The molecule has 8 nitrogen and oxygen atoms in total. The molecule has 134 valence electrons. The molecule has 1 aromatic carbocycles. The van der Waals surface area contributed by atoms with Crippen LogP contribution in [0.2, 0.25) is 0 Å². The fourth-order valence-electron chi connectivity index (χ4n) is 2.05. The third-order valence-corrected chi connectivity index (χ3v) is 4.49. The van der Waals surface area contributed by atoms with E-state index in [4.69, 9.17) is 5.26 Å². The van der Waals surface area contributed by atoms with E-state index < -0.39 is 4.92 Å². The smallest absolute Gasteiger partial charge is 0.269 e. The molecular formula is C17H17N5O3S. The standard InChI is InChI=1S/C17H17N5O3S/c1-12(26-15-6-4-14(5-7-15)22(24)25)17(23)21-10-9-20-16-13(11-18)3-2-8-19-16/h2-8,12H,9-10H2,1H3,(H,19,20)(H,21,23). The van der Waals surface area contributed by atoms with Gasteiger partial charge < -0.3 is 10.6 Å². The van der Waals surface area contributed by atoms with Crippen molar-refractivity contribution in [3.63, 3.8) is 0 Å². The fraction of sp³-hybridized carbons (Fsp3) is 0.235. The summed E-state index contributed by atoms with van der Waals surface area (Å²) >= 11 is 1.32. The van der Waals surface area contributed by atoms with Crippen LogP contribution >= 0.6 is 11.8 Å². The number of rotatable bonds is 8. The zero-order chi connectivity index (χ0) is 18.9. The molecule has 1 amide bonds. The van der Waals surface area contributed by atoms with E-state index in [-0.39, 0.29) is 16.8 Å². The maximum atomic E-state index is 12.1. The molecular weight excluding hydrogens is 354 g/mol. The number of nitro groups is 1. The van der Waals surface area contributed by atoms with Crippen molar-refractivity contribution in [1.82, 2.24) is 10.3 Å². The first-order chi connectivity index (χ1) is 12.5. The Bertz CT molecular complexity index is 820. The summed E-state index contributed by atoms with van der Waals surface area (Å²) in [4.78, 5) is 27.2. The Morgan fingerprint density at radius 2 is 2.08 bits per heavy atom. The van der Waals surface area contributed by atoms with Gasteiger partial charge in [0.05, 0.1) is 15.7 Å². The van der Waals surface area contributed by atoms with Crippen molar-refractivity contribution in [3.8, 4) is 6.07 Å². The zero-order valence-corrected chi connectivity index (χ0v) is 14.8. The fourth-order valence-corrected chi connectivity index (χ4v) is 2.94. The Balaban J connectivity index is 1.76. The van der Waals surface area contributed by atoms with Crippen LogP contribution in [0.1, 0.15) is 12.5 Å². The molecule has 0 fully saturated rings. The second kappa shape index (κ2) is 9.39. The van der Waals surface area contributed by atoms with E-state index in [0.717, 1.165) is 4.90 Å². The number of hydrogen-bond donors (Lipinski definition) is 2. The number of carbonyl (C=O) groups is 1. The van der Waals surface area contributed by atoms with Crippen molar-refractivity contribution in [2.45, 2.75) is 17.1 Å². The Hall–Kier alpha value is -3.12. The molecule has 1 heterocycles. The van der Waals surface area contributed by atoms with Crippen LogP contribution in [0, 0.1) is 21.4 Å². The Morgan fingerprint density at radius 1 is 1.35 bits per heavy atom. The van der Waals surface area contributed by atoms with Gasteiger partial charge in [-0.05, 0) is 31.2 Å². The maximum absolute atomic E-state index is 12.1. The Labute approximate surface area is 154 Å². The molecule has 0 spiro atoms. The van der Waals surface area contributed by atoms with Crippen LogP contribution < -0.4 is 10.6 Å². The van der Waals surface area contributed by atoms with Gasteiger partial charge in [-0.15, -0.1) is 11.8 Å². The topological polar surface area (TPSA) is 121 Å². The van der Waals surface area contributed by atoms with E-state index in [1.54, 1.807) is 37.4 Å². The van der Waals surface area contributed by atoms with E-state index in [1.807, 2.05) is 6.07 Å². The number of hydrogen-bond acceptors (Lipinski definition) is 7. The molecule has 0 aliphatic rings. The van der Waals surface area contributed by atoms with Crippen LogP contribution in [0.5, 0.6) is 0 Å². The molecule has 26 heavy (non-hydrogen) atoms. The number of nitrogens with zero attached hydrogens (tertiary/aromatic N) is 3. The van der Waals surface area contributed by atoms with Gasteiger partial charge in [-0.3, -0.25) is 14.9 Å². The van der Waals surface area contributed by atoms with Gasteiger partial charge in [-0.1, -0.05) is 0 Å². The van der Waals surface area contributed by atoms with Gasteiger partial charge in [0, 0.05) is 36.3 Å². The van der Waals surface area contributed by atoms with Crippen molar-refractivity contribution < 1.29 is 9.72 Å². The lowest BCUT2D eigenvalue weighted by Crippen LogP contribution is -2.34. The second-order valence-electron chi connectivity index (χ2n) is 5.24. The van der Waals surface area contributed by atoms with Gasteiger partial charge in [-0.2, -0.15) is 5.26 Å². The first-order valence-corrected chi connectivity index (χ1v) is 8.67. The van der Waals surface area contributed by atoms with Gasteiger partial charge in [0.15, 0.2) is 0 Å². The number of thioether (sulfide) groups is 1. The molecule has 0 saturated heterocycles. The summed E-state index contributed by atoms with van der Waals surface area (Å²) in [6.07, 6.45) is 1.59. The Morgan fingerprint density at radius 3 is 2.73 bits per heavy atom. The minimum Gasteiger partial charge on any atom is -0.367 e. The molecule has 0 aliphatic carbocycles. The number of nitriles is 1. The third kappa shape index (κ3) is 5.46. The highest BCUT2D eigenvalue weighted by atomic mass is 32.2. The monoisotopic (exact) mass is 371 g/mol. The summed E-state index contributed by atoms with van der Waals surface area (Å²) in [6, 6.07) is 11.5. The number of amides is 1. The number of nitro benzene ring substituents is 1. The minimum atomic E-state index is -0.461. The first kappa shape index (κ1) is 19.2. The van der Waals surface area contributed by atoms with Gasteiger partial charge in [0.25, 0.3) is 5.69 Å². The van der Waals surface area contributed by atoms with E-state index >= 15 is 0 Å². The molecule has 1 unspecified atom stereocenters. The molecule has 1 atom stereocenters. The second-order valence-corrected chi connectivity index (χ2v) is 6.65. The largest absolute Gasteiger partial charge is 0.367 e. The highest BCUT2D eigenvalue weighted by Gasteiger charge is 2.14. The number of nitrogens with one attached hydrogen (secondary N) is 2. The highest BCUT2D eigenvalue weighted by Crippen LogP contribution is 2.25. The number of aromatic nitrogens is 1. The van der Waals surface area contributed by atoms with Gasteiger partial charge in [0.2, 0.25) is 5.91 Å². The van der Waals surface area contributed by atoms with Crippen LogP contribution in [-0.4, -0.2) is 34.2 Å². The minimum absolute atomic E-state index is 0.0174. The number of non-ortho nitro benzene ring substituents is 1. The third-order valence-electron chi connectivity index (χ3n) is 3.37. The van der Waals surface area contributed by atoms with Crippen molar-refractivity contribution in [3.05, 3.63) is 58.3 Å². The van der Waals surface area contributed by atoms with Gasteiger partial charge >= 0.3 is 0 Å². The van der Waals surface area contributed by atoms with E-state index in [0.29, 0.717) is 24.5 Å². The number of carbonyl (C=O) groups excluding carboxylic acids is 1. The summed E-state index contributed by atoms with van der Waals surface area (Å²) in [5.74, 6) is 0.342. The predicted octanol–water partition coefficient (Wildman–Crippen LogP) is 2.57. The lowest BCUT2D eigenvalue weighted by Gasteiger charge is -2.12. The zero-order valence-electron chi connectivity index (χ0n) is 14.0. The molecule has 0 bridgehead atoms. The quantitative estimate of drug-likeness (QED) is 0.316. The lowest BCUT2D eigenvalue weighted by atomic mass is 10.3. The van der Waals surface area contributed by atoms with Crippen LogP contribution in [0.15, 0.2) is 47.5 Å². The number of benzene rings is 1. The summed E-state index contributed by atoms with van der Waals surface area (Å²) in [5.41, 5.74) is 0.463. The van der Waals surface area contributed by atoms with Crippen LogP contribution in [0.3, 0.4) is 0 Å². The molecule has 2 rings (SSSR count). The van der Waals surface area contributed by atoms with Crippen LogP contribution in [-0.2, 0) is 4.79 Å². The van der Waals surface area contributed by atoms with E-state index in [9.17, 15) is 14.9 Å². The Kier molecular flexibility index (Phi) is 6.93. The highest BCUT2D eigenvalue weighted by molar-refractivity contribution is 8.00. The van der Waals surface area contributed by atoms with Crippen molar-refractivity contribution in [2.75, 3.05) is 18.4 Å².